The number of anilines is 2. The summed E-state index contributed by atoms with van der Waals surface area (Å²) in [6, 6.07) is 3.28. The van der Waals surface area contributed by atoms with Gasteiger partial charge in [0.15, 0.2) is 0 Å². The van der Waals surface area contributed by atoms with Crippen LogP contribution in [-0.2, 0) is 11.4 Å². The Bertz CT molecular complexity index is 929. The van der Waals surface area contributed by atoms with Crippen LogP contribution in [-0.4, -0.2) is 39.1 Å². The quantitative estimate of drug-likeness (QED) is 0.400. The van der Waals surface area contributed by atoms with Crippen molar-refractivity contribution in [2.24, 2.45) is 5.92 Å². The second-order valence-electron chi connectivity index (χ2n) is 8.64. The Labute approximate surface area is 201 Å². The van der Waals surface area contributed by atoms with E-state index in [1.165, 1.54) is 0 Å². The molecule has 1 fully saturated rings. The minimum Gasteiger partial charge on any atom is -0.598 e. The number of nitrogens with one attached hydrogen (secondary N) is 1. The lowest BCUT2D eigenvalue weighted by molar-refractivity contribution is 0.305. The van der Waals surface area contributed by atoms with Crippen LogP contribution in [0.15, 0.2) is 29.3 Å². The smallest absolute Gasteiger partial charge is 0.320 e. The van der Waals surface area contributed by atoms with Gasteiger partial charge in [-0.1, -0.05) is 35.9 Å². The monoisotopic (exact) mass is 501 g/mol. The summed E-state index contributed by atoms with van der Waals surface area (Å²) in [6.45, 7) is 11.2. The van der Waals surface area contributed by atoms with Gasteiger partial charge >= 0.3 is 6.01 Å². The van der Waals surface area contributed by atoms with E-state index in [9.17, 15) is 4.55 Å². The van der Waals surface area contributed by atoms with E-state index in [1.807, 2.05) is 25.7 Å². The van der Waals surface area contributed by atoms with E-state index in [2.05, 4.69) is 21.4 Å². The molecule has 0 saturated carbocycles. The second kappa shape index (κ2) is 10.5. The first-order valence-corrected chi connectivity index (χ1v) is 12.3. The molecule has 2 aromatic rings. The van der Waals surface area contributed by atoms with E-state index in [0.29, 0.717) is 41.4 Å². The molecule has 0 spiro atoms. The highest BCUT2D eigenvalue weighted by Gasteiger charge is 2.37. The van der Waals surface area contributed by atoms with E-state index in [1.54, 1.807) is 18.2 Å². The van der Waals surface area contributed by atoms with Crippen LogP contribution >= 0.6 is 23.2 Å². The van der Waals surface area contributed by atoms with Gasteiger partial charge in [0.1, 0.15) is 17.1 Å². The van der Waals surface area contributed by atoms with Gasteiger partial charge < -0.3 is 24.4 Å². The molecular formula is C21H29Cl2N5O3S. The number of nitrogen functional groups attached to an aromatic ring is 1. The van der Waals surface area contributed by atoms with Gasteiger partial charge in [-0.2, -0.15) is 4.98 Å². The number of piperidine rings is 1. The van der Waals surface area contributed by atoms with E-state index in [-0.39, 0.29) is 18.0 Å². The second-order valence-corrected chi connectivity index (χ2v) is 11.4. The van der Waals surface area contributed by atoms with Crippen molar-refractivity contribution in [3.8, 4) is 5.75 Å². The Morgan fingerprint density at radius 2 is 2.03 bits per heavy atom. The Kier molecular flexibility index (Phi) is 8.21. The lowest BCUT2D eigenvalue weighted by Gasteiger charge is -2.37. The van der Waals surface area contributed by atoms with Gasteiger partial charge in [0.05, 0.1) is 16.1 Å². The molecule has 1 aromatic heterocycles. The van der Waals surface area contributed by atoms with Crippen molar-refractivity contribution in [3.63, 3.8) is 0 Å². The average molecular weight is 502 g/mol. The summed E-state index contributed by atoms with van der Waals surface area (Å²) >= 11 is 11.3. The lowest BCUT2D eigenvalue weighted by Crippen LogP contribution is -2.46. The molecule has 0 amide bonds. The summed E-state index contributed by atoms with van der Waals surface area (Å²) in [7, 11) is 0. The molecule has 8 nitrogen and oxygen atoms in total. The van der Waals surface area contributed by atoms with Crippen molar-refractivity contribution < 1.29 is 13.8 Å². The summed E-state index contributed by atoms with van der Waals surface area (Å²) in [5.74, 6) is 1.23. The fourth-order valence-electron chi connectivity index (χ4n) is 3.55. The molecule has 3 N–H and O–H groups in total. The van der Waals surface area contributed by atoms with E-state index in [0.717, 1.165) is 18.4 Å². The summed E-state index contributed by atoms with van der Waals surface area (Å²) < 4.78 is 26.8. The van der Waals surface area contributed by atoms with Gasteiger partial charge in [-0.15, -0.1) is 4.72 Å². The van der Waals surface area contributed by atoms with Gasteiger partial charge in [0.25, 0.3) is 5.95 Å². The average Bonchev–Trinajstić information content (AvgIpc) is 3.18. The number of benzene rings is 1. The van der Waals surface area contributed by atoms with Crippen molar-refractivity contribution in [1.29, 1.82) is 0 Å². The van der Waals surface area contributed by atoms with E-state index < -0.39 is 16.1 Å². The highest BCUT2D eigenvalue weighted by atomic mass is 35.5. The van der Waals surface area contributed by atoms with Crippen molar-refractivity contribution in [2.45, 2.75) is 44.4 Å². The number of aromatic nitrogens is 2. The number of halogens is 2. The summed E-state index contributed by atoms with van der Waals surface area (Å²) in [4.78, 5) is 6.14. The van der Waals surface area contributed by atoms with Crippen LogP contribution in [0, 0.1) is 5.92 Å². The van der Waals surface area contributed by atoms with Crippen molar-refractivity contribution >= 4 is 46.5 Å². The third kappa shape index (κ3) is 6.02. The third-order valence-corrected chi connectivity index (χ3v) is 7.56. The maximum atomic E-state index is 13.1. The molecule has 1 aliphatic rings. The van der Waals surface area contributed by atoms with Crippen LogP contribution in [0.5, 0.6) is 5.75 Å². The number of ether oxygens (including phenoxy) is 1. The van der Waals surface area contributed by atoms with Crippen LogP contribution in [0.1, 0.15) is 45.2 Å². The van der Waals surface area contributed by atoms with E-state index >= 15 is 0 Å². The Morgan fingerprint density at radius 3 is 2.59 bits per heavy atom. The minimum atomic E-state index is -1.31. The zero-order valence-electron chi connectivity index (χ0n) is 18.4. The number of hydrogen-bond donors (Lipinski definition) is 2. The molecule has 1 aromatic carbocycles. The van der Waals surface area contributed by atoms with Crippen molar-refractivity contribution in [2.75, 3.05) is 30.3 Å². The van der Waals surface area contributed by atoms with Crippen molar-refractivity contribution in [3.05, 3.63) is 40.4 Å². The summed E-state index contributed by atoms with van der Waals surface area (Å²) in [5, 5.41) is 4.72. The largest absolute Gasteiger partial charge is 0.598 e. The highest BCUT2D eigenvalue weighted by Crippen LogP contribution is 2.41. The molecule has 3 rings (SSSR count). The Hall–Kier alpha value is -1.65. The normalized spacial score (nSPS) is 17.2. The zero-order valence-corrected chi connectivity index (χ0v) is 20.8. The van der Waals surface area contributed by atoms with Gasteiger partial charge in [0.2, 0.25) is 0 Å². The van der Waals surface area contributed by atoms with Gasteiger partial charge in [0, 0.05) is 36.1 Å². The molecule has 176 valence electrons. The van der Waals surface area contributed by atoms with Gasteiger partial charge in [-0.3, -0.25) is 0 Å². The van der Waals surface area contributed by atoms with Gasteiger partial charge in [-0.25, -0.2) is 0 Å². The van der Waals surface area contributed by atoms with Crippen LogP contribution in [0.25, 0.3) is 0 Å². The molecule has 11 heteroatoms. The highest BCUT2D eigenvalue weighted by molar-refractivity contribution is 7.90. The molecule has 2 unspecified atom stereocenters. The fourth-order valence-corrected chi connectivity index (χ4v) is 4.78. The predicted molar refractivity (Wildman–Crippen MR) is 130 cm³/mol. The first-order chi connectivity index (χ1) is 15.1. The molecule has 32 heavy (non-hydrogen) atoms. The lowest BCUT2D eigenvalue weighted by atomic mass is 9.85. The Balaban J connectivity index is 1.89. The minimum absolute atomic E-state index is 0.0436. The zero-order chi connectivity index (χ0) is 23.5. The molecular weight excluding hydrogens is 473 g/mol. The summed E-state index contributed by atoms with van der Waals surface area (Å²) in [6.07, 6.45) is 3.26. The van der Waals surface area contributed by atoms with Crippen LogP contribution < -0.4 is 20.1 Å². The summed E-state index contributed by atoms with van der Waals surface area (Å²) in [5.41, 5.74) is 6.38. The van der Waals surface area contributed by atoms with Gasteiger partial charge in [-0.05, 0) is 50.8 Å². The number of rotatable bonds is 8. The molecule has 0 bridgehead atoms. The molecule has 1 saturated heterocycles. The van der Waals surface area contributed by atoms with E-state index in [4.69, 9.17) is 38.2 Å². The number of hydrogen-bond acceptors (Lipinski definition) is 8. The van der Waals surface area contributed by atoms with Crippen LogP contribution in [0.2, 0.25) is 10.0 Å². The number of nitrogens with two attached hydrogens (primary N) is 1. The first-order valence-electron chi connectivity index (χ1n) is 10.3. The first kappa shape index (κ1) is 25.0. The Morgan fingerprint density at radius 1 is 1.38 bits per heavy atom. The SMILES string of the molecule is C=CCOc1cc(Cl)c(Cl)cc1C(N[S+]([O-])C(C)(C)C)C1CCN(c2noc(N)n2)CC1. The maximum Gasteiger partial charge on any atom is 0.320 e. The van der Waals surface area contributed by atoms with Crippen LogP contribution in [0.4, 0.5) is 12.0 Å². The molecule has 0 radical (unpaired) electrons. The molecule has 0 aliphatic carbocycles. The standard InChI is InChI=1S/C21H29Cl2N5O3S/c1-5-10-30-17-12-16(23)15(22)11-14(17)18(27-32(29)21(2,3)4)13-6-8-28(9-7-13)20-25-19(24)31-26-20/h5,11-13,18,27H,1,6-10H2,2-4H3,(H2,24,25,26). The molecule has 2 atom stereocenters. The predicted octanol–water partition coefficient (Wildman–Crippen LogP) is 4.53. The topological polar surface area (TPSA) is 112 Å². The fraction of sp³-hybridized carbons (Fsp3) is 0.524. The molecule has 1 aliphatic heterocycles. The molecule has 2 heterocycles. The number of nitrogens with zero attached hydrogens (tertiary/aromatic N) is 3. The maximum absolute atomic E-state index is 13.1. The van der Waals surface area contributed by atoms with Crippen LogP contribution in [0.3, 0.4) is 0 Å². The van der Waals surface area contributed by atoms with Crippen molar-refractivity contribution in [1.82, 2.24) is 14.9 Å². The third-order valence-electron chi connectivity index (χ3n) is 5.26.